The number of benzene rings is 2. The van der Waals surface area contributed by atoms with Crippen LogP contribution in [0.1, 0.15) is 26.2 Å². The second kappa shape index (κ2) is 10.6. The van der Waals surface area contributed by atoms with Crippen LogP contribution in [0.3, 0.4) is 0 Å². The number of nitrogens with one attached hydrogen (secondary N) is 4. The van der Waals surface area contributed by atoms with Crippen LogP contribution in [0.4, 0.5) is 27.7 Å². The molecule has 2 amide bonds. The summed E-state index contributed by atoms with van der Waals surface area (Å²) < 4.78 is 5.39. The van der Waals surface area contributed by atoms with E-state index in [1.165, 1.54) is 13.3 Å². The fourth-order valence-corrected chi connectivity index (χ4v) is 3.49. The molecule has 0 aliphatic carbocycles. The van der Waals surface area contributed by atoms with Crippen molar-refractivity contribution in [2.75, 3.05) is 22.5 Å². The van der Waals surface area contributed by atoms with Gasteiger partial charge in [0.1, 0.15) is 12.1 Å². The van der Waals surface area contributed by atoms with Crippen LogP contribution in [0.2, 0.25) is 0 Å². The second-order valence-corrected chi connectivity index (χ2v) is 7.72. The van der Waals surface area contributed by atoms with Gasteiger partial charge in [-0.15, -0.1) is 0 Å². The summed E-state index contributed by atoms with van der Waals surface area (Å²) in [5, 5.41) is 11.9. The molecule has 9 nitrogen and oxygen atoms in total. The van der Waals surface area contributed by atoms with Gasteiger partial charge in [0, 0.05) is 35.6 Å². The zero-order valence-electron chi connectivity index (χ0n) is 18.3. The Hall–Kier alpha value is -3.98. The molecular weight excluding hydrogens is 420 g/mol. The van der Waals surface area contributed by atoms with Gasteiger partial charge in [0.25, 0.3) is 0 Å². The van der Waals surface area contributed by atoms with Crippen molar-refractivity contribution in [1.82, 2.24) is 15.3 Å². The number of rotatable bonds is 6. The minimum Gasteiger partial charge on any atom is -0.430 e. The molecule has 170 valence electrons. The molecule has 2 heterocycles. The van der Waals surface area contributed by atoms with Gasteiger partial charge in [0.2, 0.25) is 5.91 Å². The molecule has 4 N–H and O–H groups in total. The highest BCUT2D eigenvalue weighted by atomic mass is 16.6. The molecule has 0 bridgehead atoms. The summed E-state index contributed by atoms with van der Waals surface area (Å²) in [6, 6.07) is 16.5. The maximum Gasteiger partial charge on any atom is 0.413 e. The number of aromatic nitrogens is 2. The van der Waals surface area contributed by atoms with Crippen molar-refractivity contribution < 1.29 is 14.3 Å². The van der Waals surface area contributed by atoms with Crippen LogP contribution in [0.5, 0.6) is 0 Å². The van der Waals surface area contributed by atoms with Crippen molar-refractivity contribution >= 4 is 34.9 Å². The van der Waals surface area contributed by atoms with E-state index in [1.807, 2.05) is 42.5 Å². The number of hydrogen-bond acceptors (Lipinski definition) is 7. The van der Waals surface area contributed by atoms with Crippen molar-refractivity contribution in [3.63, 3.8) is 0 Å². The molecule has 1 aliphatic heterocycles. The molecule has 0 unspecified atom stereocenters. The van der Waals surface area contributed by atoms with E-state index >= 15 is 0 Å². The van der Waals surface area contributed by atoms with Gasteiger partial charge in [-0.25, -0.2) is 14.8 Å². The number of carbonyl (C=O) groups excluding carboxylic acids is 2. The largest absolute Gasteiger partial charge is 0.430 e. The number of carbonyl (C=O) groups is 2. The van der Waals surface area contributed by atoms with Gasteiger partial charge in [-0.2, -0.15) is 0 Å². The van der Waals surface area contributed by atoms with Gasteiger partial charge < -0.3 is 15.4 Å². The van der Waals surface area contributed by atoms with E-state index in [0.717, 1.165) is 48.4 Å². The average molecular weight is 447 g/mol. The van der Waals surface area contributed by atoms with E-state index in [0.29, 0.717) is 11.5 Å². The van der Waals surface area contributed by atoms with Crippen LogP contribution < -0.4 is 21.3 Å². The van der Waals surface area contributed by atoms with Crippen LogP contribution in [0.15, 0.2) is 60.9 Å². The lowest BCUT2D eigenvalue weighted by Crippen LogP contribution is -2.38. The summed E-state index contributed by atoms with van der Waals surface area (Å²) in [5.41, 5.74) is 3.84. The minimum absolute atomic E-state index is 0.115. The monoisotopic (exact) mass is 446 g/mol. The first-order valence-electron chi connectivity index (χ1n) is 10.8. The number of piperidine rings is 1. The van der Waals surface area contributed by atoms with Crippen molar-refractivity contribution in [3.8, 4) is 11.3 Å². The van der Waals surface area contributed by atoms with E-state index in [1.54, 1.807) is 12.1 Å². The van der Waals surface area contributed by atoms with Crippen LogP contribution in [-0.2, 0) is 9.53 Å². The predicted molar refractivity (Wildman–Crippen MR) is 127 cm³/mol. The molecule has 33 heavy (non-hydrogen) atoms. The van der Waals surface area contributed by atoms with Crippen molar-refractivity contribution in [2.24, 2.45) is 0 Å². The Bertz CT molecular complexity index is 1100. The molecule has 1 fully saturated rings. The normalized spacial score (nSPS) is 15.4. The zero-order valence-corrected chi connectivity index (χ0v) is 18.3. The summed E-state index contributed by atoms with van der Waals surface area (Å²) in [7, 11) is 0. The summed E-state index contributed by atoms with van der Waals surface area (Å²) >= 11 is 0. The Morgan fingerprint density at radius 1 is 0.939 bits per heavy atom. The van der Waals surface area contributed by atoms with Crippen LogP contribution >= 0.6 is 0 Å². The lowest BCUT2D eigenvalue weighted by atomic mass is 10.1. The Morgan fingerprint density at radius 2 is 1.64 bits per heavy atom. The number of hydrogen-bond donors (Lipinski definition) is 4. The van der Waals surface area contributed by atoms with E-state index in [9.17, 15) is 9.59 Å². The Labute approximate surface area is 192 Å². The number of amides is 2. The molecule has 0 spiro atoms. The fourth-order valence-electron chi connectivity index (χ4n) is 3.49. The maximum atomic E-state index is 12.1. The Balaban J connectivity index is 1.35. The van der Waals surface area contributed by atoms with E-state index in [2.05, 4.69) is 31.2 Å². The van der Waals surface area contributed by atoms with E-state index in [-0.39, 0.29) is 12.1 Å². The van der Waals surface area contributed by atoms with Gasteiger partial charge in [0.15, 0.2) is 6.23 Å². The maximum absolute atomic E-state index is 12.1. The highest BCUT2D eigenvalue weighted by Crippen LogP contribution is 2.23. The number of ether oxygens (including phenoxy) is 1. The van der Waals surface area contributed by atoms with Crippen LogP contribution in [0, 0.1) is 0 Å². The molecule has 9 heteroatoms. The van der Waals surface area contributed by atoms with Gasteiger partial charge >= 0.3 is 6.09 Å². The molecule has 1 aliphatic rings. The highest BCUT2D eigenvalue weighted by Gasteiger charge is 2.16. The summed E-state index contributed by atoms with van der Waals surface area (Å²) in [6.45, 7) is 2.34. The molecule has 0 radical (unpaired) electrons. The number of anilines is 4. The zero-order chi connectivity index (χ0) is 23.0. The van der Waals surface area contributed by atoms with E-state index < -0.39 is 6.09 Å². The molecular formula is C24H26N6O3. The highest BCUT2D eigenvalue weighted by molar-refractivity contribution is 5.89. The van der Waals surface area contributed by atoms with Gasteiger partial charge in [-0.05, 0) is 62.2 Å². The first-order valence-corrected chi connectivity index (χ1v) is 10.8. The van der Waals surface area contributed by atoms with Crippen LogP contribution in [-0.4, -0.2) is 34.7 Å². The summed E-state index contributed by atoms with van der Waals surface area (Å²) in [4.78, 5) is 31.9. The second-order valence-electron chi connectivity index (χ2n) is 7.72. The lowest BCUT2D eigenvalue weighted by Gasteiger charge is -2.23. The van der Waals surface area contributed by atoms with Crippen molar-refractivity contribution in [2.45, 2.75) is 32.4 Å². The lowest BCUT2D eigenvalue weighted by molar-refractivity contribution is -0.114. The third-order valence-electron chi connectivity index (χ3n) is 5.09. The molecule has 3 aromatic rings. The first-order chi connectivity index (χ1) is 16.0. The van der Waals surface area contributed by atoms with Gasteiger partial charge in [-0.1, -0.05) is 12.1 Å². The van der Waals surface area contributed by atoms with Gasteiger partial charge in [0.05, 0.1) is 5.69 Å². The topological polar surface area (TPSA) is 117 Å². The Kier molecular flexibility index (Phi) is 7.11. The first kappa shape index (κ1) is 22.2. The molecule has 1 saturated heterocycles. The molecule has 4 rings (SSSR count). The fraction of sp³-hybridized carbons (Fsp3) is 0.250. The van der Waals surface area contributed by atoms with Crippen molar-refractivity contribution in [3.05, 3.63) is 60.9 Å². The van der Waals surface area contributed by atoms with E-state index in [4.69, 9.17) is 4.74 Å². The standard InChI is InChI=1S/C24H26N6O3/c1-16(31)28-18-7-5-17(6-8-18)21-14-22(27-15-26-21)29-19-9-11-20(12-10-19)30-24(32)33-23-4-2-3-13-25-23/h5-12,14-15,23,25H,2-4,13H2,1H3,(H,28,31)(H,30,32)(H,26,27,29)/t23-/m0/s1. The smallest absolute Gasteiger partial charge is 0.413 e. The molecule has 2 aromatic carbocycles. The average Bonchev–Trinajstić information content (AvgIpc) is 2.81. The summed E-state index contributed by atoms with van der Waals surface area (Å²) in [5.74, 6) is 0.519. The molecule has 0 saturated carbocycles. The number of nitrogens with zero attached hydrogens (tertiary/aromatic N) is 2. The quantitative estimate of drug-likeness (QED) is 0.441. The minimum atomic E-state index is -0.472. The van der Waals surface area contributed by atoms with Crippen molar-refractivity contribution in [1.29, 1.82) is 0 Å². The van der Waals surface area contributed by atoms with Crippen LogP contribution in [0.25, 0.3) is 11.3 Å². The third-order valence-corrected chi connectivity index (χ3v) is 5.09. The third kappa shape index (κ3) is 6.50. The van der Waals surface area contributed by atoms with Gasteiger partial charge in [-0.3, -0.25) is 15.4 Å². The predicted octanol–water partition coefficient (Wildman–Crippen LogP) is 4.49. The molecule has 1 aromatic heterocycles. The SMILES string of the molecule is CC(=O)Nc1ccc(-c2cc(Nc3ccc(NC(=O)O[C@H]4CCCCN4)cc3)ncn2)cc1. The Morgan fingerprint density at radius 3 is 2.33 bits per heavy atom. The summed E-state index contributed by atoms with van der Waals surface area (Å²) in [6.07, 6.45) is 3.78. The molecule has 1 atom stereocenters.